The molecule has 0 amide bonds. The molecule has 0 saturated heterocycles. The number of fused-ring (bicyclic) bond motifs is 6. The van der Waals surface area contributed by atoms with E-state index in [2.05, 4.69) is 158 Å². The van der Waals surface area contributed by atoms with Gasteiger partial charge in [-0.2, -0.15) is 0 Å². The van der Waals surface area contributed by atoms with Gasteiger partial charge in [0.05, 0.1) is 0 Å². The van der Waals surface area contributed by atoms with Crippen molar-refractivity contribution in [1.29, 1.82) is 0 Å². The van der Waals surface area contributed by atoms with Gasteiger partial charge in [0, 0.05) is 31.2 Å². The highest BCUT2D eigenvalue weighted by Crippen LogP contribution is 2.69. The first-order valence-corrected chi connectivity index (χ1v) is 20.5. The van der Waals surface area contributed by atoms with E-state index >= 15 is 0 Å². The second-order valence-corrected chi connectivity index (χ2v) is 17.5. The fourth-order valence-electron chi connectivity index (χ4n) is 12.0. The zero-order chi connectivity index (χ0) is 34.7. The molecular weight excluding hydrogens is 657 g/mol. The van der Waals surface area contributed by atoms with Crippen LogP contribution < -0.4 is 0 Å². The summed E-state index contributed by atoms with van der Waals surface area (Å²) in [5.41, 5.74) is 16.6. The van der Waals surface area contributed by atoms with Crippen LogP contribution in [0.25, 0.3) is 75.8 Å². The standard InChI is InChI=1S/C52H40S/c1-3-11-34(12-4-1)37-28-38(35-13-5-2-6-14-35)30-39(29-37)42-20-21-45-44-16-8-10-18-49(44)53-51(45)50(42)36-19-22-48-46(31-36)43-15-7-9-17-47(43)52(48)40-24-32-23-33(26-40)27-41(52)25-32/h1-22,28-33,40-41H,23-27H2. The molecule has 13 rings (SSSR count). The SMILES string of the molecule is c1ccc(-c2cc(-c3ccccc3)cc(-c3ccc4c(sc5ccccc54)c3-c3ccc4c(c3)-c3ccccc3C43C4CC5CC(C4)CC3C5)c2)cc1. The van der Waals surface area contributed by atoms with E-state index in [9.17, 15) is 0 Å². The van der Waals surface area contributed by atoms with Crippen LogP contribution in [0.1, 0.15) is 43.2 Å². The molecule has 0 aliphatic heterocycles. The summed E-state index contributed by atoms with van der Waals surface area (Å²) in [6, 6.07) is 60.0. The minimum Gasteiger partial charge on any atom is -0.135 e. The van der Waals surface area contributed by atoms with E-state index in [1.807, 2.05) is 11.3 Å². The fourth-order valence-corrected chi connectivity index (χ4v) is 13.3. The Morgan fingerprint density at radius 3 is 1.72 bits per heavy atom. The van der Waals surface area contributed by atoms with Crippen LogP contribution in [-0.4, -0.2) is 0 Å². The number of benzene rings is 7. The molecule has 1 heteroatoms. The summed E-state index contributed by atoms with van der Waals surface area (Å²) in [7, 11) is 0. The molecule has 5 aliphatic carbocycles. The van der Waals surface area contributed by atoms with Gasteiger partial charge in [-0.25, -0.2) is 0 Å². The summed E-state index contributed by atoms with van der Waals surface area (Å²) in [4.78, 5) is 0. The van der Waals surface area contributed by atoms with Crippen LogP contribution in [-0.2, 0) is 5.41 Å². The van der Waals surface area contributed by atoms with E-state index in [1.54, 1.807) is 11.1 Å². The maximum absolute atomic E-state index is 2.61. The molecule has 0 nitrogen and oxygen atoms in total. The van der Waals surface area contributed by atoms with E-state index in [0.717, 1.165) is 23.7 Å². The largest absolute Gasteiger partial charge is 0.135 e. The highest BCUT2D eigenvalue weighted by Gasteiger charge is 2.61. The highest BCUT2D eigenvalue weighted by molar-refractivity contribution is 7.26. The maximum Gasteiger partial charge on any atom is 0.0440 e. The van der Waals surface area contributed by atoms with Crippen LogP contribution in [0.15, 0.2) is 158 Å². The van der Waals surface area contributed by atoms with Crippen molar-refractivity contribution in [3.8, 4) is 55.6 Å². The molecule has 8 aromatic rings. The number of rotatable bonds is 4. The molecule has 5 aliphatic rings. The second kappa shape index (κ2) is 11.4. The van der Waals surface area contributed by atoms with Gasteiger partial charge in [0.15, 0.2) is 0 Å². The minimum absolute atomic E-state index is 0.179. The van der Waals surface area contributed by atoms with Crippen molar-refractivity contribution in [2.24, 2.45) is 23.7 Å². The Balaban J connectivity index is 1.12. The van der Waals surface area contributed by atoms with Crippen LogP contribution in [0.3, 0.4) is 0 Å². The Labute approximate surface area is 315 Å². The first-order valence-electron chi connectivity index (χ1n) is 19.7. The molecule has 4 saturated carbocycles. The minimum atomic E-state index is 0.179. The highest BCUT2D eigenvalue weighted by atomic mass is 32.1. The van der Waals surface area contributed by atoms with Crippen molar-refractivity contribution in [3.63, 3.8) is 0 Å². The summed E-state index contributed by atoms with van der Waals surface area (Å²) >= 11 is 1.95. The molecule has 4 fully saturated rings. The van der Waals surface area contributed by atoms with Crippen LogP contribution in [0.5, 0.6) is 0 Å². The summed E-state index contributed by atoms with van der Waals surface area (Å²) in [5.74, 6) is 3.43. The fraction of sp³-hybridized carbons (Fsp3) is 0.192. The first kappa shape index (κ1) is 30.2. The molecule has 4 bridgehead atoms. The number of hydrogen-bond acceptors (Lipinski definition) is 1. The predicted molar refractivity (Wildman–Crippen MR) is 224 cm³/mol. The smallest absolute Gasteiger partial charge is 0.0440 e. The van der Waals surface area contributed by atoms with Gasteiger partial charge in [0.2, 0.25) is 0 Å². The molecule has 0 N–H and O–H groups in total. The van der Waals surface area contributed by atoms with E-state index < -0.39 is 0 Å². The number of hydrogen-bond donors (Lipinski definition) is 0. The lowest BCUT2D eigenvalue weighted by Gasteiger charge is -2.61. The van der Waals surface area contributed by atoms with Crippen LogP contribution in [0, 0.1) is 23.7 Å². The van der Waals surface area contributed by atoms with Gasteiger partial charge in [-0.3, -0.25) is 0 Å². The third-order valence-corrected chi connectivity index (χ3v) is 15.1. The summed E-state index contributed by atoms with van der Waals surface area (Å²) in [5, 5.41) is 2.70. The van der Waals surface area contributed by atoms with Gasteiger partial charge in [-0.05, 0) is 147 Å². The van der Waals surface area contributed by atoms with Crippen LogP contribution in [0.4, 0.5) is 0 Å². The average molecular weight is 697 g/mol. The topological polar surface area (TPSA) is 0 Å². The molecule has 1 spiro atoms. The molecule has 254 valence electrons. The van der Waals surface area contributed by atoms with Gasteiger partial charge in [0.1, 0.15) is 0 Å². The zero-order valence-electron chi connectivity index (χ0n) is 29.8. The quantitative estimate of drug-likeness (QED) is 0.172. The van der Waals surface area contributed by atoms with E-state index in [4.69, 9.17) is 0 Å². The number of thiophene rings is 1. The summed E-state index contributed by atoms with van der Waals surface area (Å²) < 4.78 is 2.73. The maximum atomic E-state index is 2.61. The van der Waals surface area contributed by atoms with E-state index in [-0.39, 0.29) is 5.41 Å². The molecule has 0 atom stereocenters. The van der Waals surface area contributed by atoms with Crippen molar-refractivity contribution in [2.75, 3.05) is 0 Å². The third-order valence-electron chi connectivity index (χ3n) is 13.8. The van der Waals surface area contributed by atoms with Crippen LogP contribution in [0.2, 0.25) is 0 Å². The zero-order valence-corrected chi connectivity index (χ0v) is 30.6. The normalized spacial score (nSPS) is 23.5. The lowest BCUT2D eigenvalue weighted by Crippen LogP contribution is -2.55. The van der Waals surface area contributed by atoms with Crippen molar-refractivity contribution in [3.05, 3.63) is 169 Å². The van der Waals surface area contributed by atoms with Crippen molar-refractivity contribution in [1.82, 2.24) is 0 Å². The molecule has 0 radical (unpaired) electrons. The van der Waals surface area contributed by atoms with Gasteiger partial charge in [-0.15, -0.1) is 11.3 Å². The van der Waals surface area contributed by atoms with E-state index in [0.29, 0.717) is 0 Å². The van der Waals surface area contributed by atoms with Gasteiger partial charge in [0.25, 0.3) is 0 Å². The Morgan fingerprint density at radius 2 is 1.00 bits per heavy atom. The van der Waals surface area contributed by atoms with Crippen LogP contribution >= 0.6 is 11.3 Å². The van der Waals surface area contributed by atoms with Gasteiger partial charge in [-0.1, -0.05) is 127 Å². The van der Waals surface area contributed by atoms with Gasteiger partial charge < -0.3 is 0 Å². The molecule has 0 unspecified atom stereocenters. The molecule has 53 heavy (non-hydrogen) atoms. The molecule has 1 aromatic heterocycles. The molecular formula is C52H40S. The lowest BCUT2D eigenvalue weighted by molar-refractivity contribution is -0.0399. The lowest BCUT2D eigenvalue weighted by atomic mass is 9.43. The van der Waals surface area contributed by atoms with E-state index in [1.165, 1.54) is 108 Å². The Hall–Kier alpha value is -5.24. The van der Waals surface area contributed by atoms with Crippen molar-refractivity contribution >= 4 is 31.5 Å². The third kappa shape index (κ3) is 4.35. The molecule has 7 aromatic carbocycles. The van der Waals surface area contributed by atoms with Gasteiger partial charge >= 0.3 is 0 Å². The summed E-state index contributed by atoms with van der Waals surface area (Å²) in [6.45, 7) is 0. The van der Waals surface area contributed by atoms with Crippen molar-refractivity contribution in [2.45, 2.75) is 37.5 Å². The predicted octanol–water partition coefficient (Wildman–Crippen LogP) is 14.4. The Morgan fingerprint density at radius 1 is 0.396 bits per heavy atom. The first-order chi connectivity index (χ1) is 26.2. The second-order valence-electron chi connectivity index (χ2n) is 16.5. The summed E-state index contributed by atoms with van der Waals surface area (Å²) in [6.07, 6.45) is 7.13. The Kier molecular flexibility index (Phi) is 6.49. The monoisotopic (exact) mass is 696 g/mol. The average Bonchev–Trinajstić information content (AvgIpc) is 3.73. The van der Waals surface area contributed by atoms with Crippen molar-refractivity contribution < 1.29 is 0 Å². The molecule has 1 heterocycles. The Bertz CT molecular complexity index is 2650.